The van der Waals surface area contributed by atoms with Gasteiger partial charge in [-0.1, -0.05) is 28.1 Å². The number of rotatable bonds is 3. The summed E-state index contributed by atoms with van der Waals surface area (Å²) in [6.07, 6.45) is 1.98. The Kier molecular flexibility index (Phi) is 4.63. The van der Waals surface area contributed by atoms with E-state index in [2.05, 4.69) is 43.4 Å². The lowest BCUT2D eigenvalue weighted by Crippen LogP contribution is -2.30. The van der Waals surface area contributed by atoms with Crippen molar-refractivity contribution in [3.8, 4) is 11.3 Å². The molecule has 27 heavy (non-hydrogen) atoms. The number of nitrogens with one attached hydrogen (secondary N) is 1. The van der Waals surface area contributed by atoms with Gasteiger partial charge in [0, 0.05) is 29.3 Å². The molecule has 1 aromatic carbocycles. The fourth-order valence-electron chi connectivity index (χ4n) is 3.93. The van der Waals surface area contributed by atoms with Crippen molar-refractivity contribution in [2.45, 2.75) is 32.7 Å². The Morgan fingerprint density at radius 3 is 2.81 bits per heavy atom. The number of halogens is 1. The van der Waals surface area contributed by atoms with Crippen LogP contribution in [0.25, 0.3) is 11.3 Å². The molecule has 0 saturated carbocycles. The van der Waals surface area contributed by atoms with Gasteiger partial charge in [-0.15, -0.1) is 0 Å². The van der Waals surface area contributed by atoms with Gasteiger partial charge < -0.3 is 4.90 Å². The summed E-state index contributed by atoms with van der Waals surface area (Å²) in [4.78, 5) is 15.1. The molecule has 4 rings (SSSR count). The average molecular weight is 428 g/mol. The lowest BCUT2D eigenvalue weighted by Gasteiger charge is -2.24. The number of hydrogen-bond donors (Lipinski definition) is 1. The molecular weight excluding hydrogens is 406 g/mol. The summed E-state index contributed by atoms with van der Waals surface area (Å²) in [5.41, 5.74) is 5.38. The van der Waals surface area contributed by atoms with Gasteiger partial charge in [-0.25, -0.2) is 0 Å². The van der Waals surface area contributed by atoms with Gasteiger partial charge in [-0.3, -0.25) is 14.6 Å². The molecule has 0 bridgehead atoms. The molecule has 0 aliphatic carbocycles. The number of benzene rings is 1. The molecule has 1 unspecified atom stereocenters. The number of hydrogen-bond acceptors (Lipinski definition) is 3. The summed E-state index contributed by atoms with van der Waals surface area (Å²) in [5, 5.41) is 11.8. The lowest BCUT2D eigenvalue weighted by molar-refractivity contribution is 0.0729. The van der Waals surface area contributed by atoms with Crippen LogP contribution >= 0.6 is 15.9 Å². The van der Waals surface area contributed by atoms with Crippen LogP contribution in [0, 0.1) is 13.8 Å². The average Bonchev–Trinajstić information content (AvgIpc) is 3.35. The second kappa shape index (κ2) is 6.96. The highest BCUT2D eigenvalue weighted by atomic mass is 79.9. The summed E-state index contributed by atoms with van der Waals surface area (Å²) >= 11 is 3.53. The van der Waals surface area contributed by atoms with Gasteiger partial charge in [0.25, 0.3) is 5.91 Å². The molecule has 1 amide bonds. The number of nitrogens with zero attached hydrogens (tertiary/aromatic N) is 4. The first-order valence-corrected chi connectivity index (χ1v) is 9.87. The number of H-pyrrole nitrogens is 1. The predicted octanol–water partition coefficient (Wildman–Crippen LogP) is 4.17. The SMILES string of the molecule is Cc1nn(C)c(C)c1-c1cc(C(=O)N2CCCC2c2cccc(Br)c2)[nH]n1. The van der Waals surface area contributed by atoms with Crippen molar-refractivity contribution in [3.05, 3.63) is 57.4 Å². The number of carbonyl (C=O) groups excluding carboxylic acids is 1. The molecule has 2 aromatic heterocycles. The number of aromatic nitrogens is 4. The minimum absolute atomic E-state index is 0.00424. The maximum absolute atomic E-state index is 13.2. The second-order valence-electron chi connectivity index (χ2n) is 7.05. The van der Waals surface area contributed by atoms with Gasteiger partial charge in [-0.05, 0) is 50.5 Å². The van der Waals surface area contributed by atoms with E-state index in [1.165, 1.54) is 0 Å². The van der Waals surface area contributed by atoms with Gasteiger partial charge in [-0.2, -0.15) is 10.2 Å². The minimum Gasteiger partial charge on any atom is -0.330 e. The largest absolute Gasteiger partial charge is 0.330 e. The summed E-state index contributed by atoms with van der Waals surface area (Å²) in [7, 11) is 1.91. The van der Waals surface area contributed by atoms with E-state index >= 15 is 0 Å². The number of aryl methyl sites for hydroxylation is 2. The number of aromatic amines is 1. The lowest BCUT2D eigenvalue weighted by atomic mass is 10.0. The Balaban J connectivity index is 1.62. The molecule has 1 N–H and O–H groups in total. The Bertz CT molecular complexity index is 1010. The highest BCUT2D eigenvalue weighted by molar-refractivity contribution is 9.10. The first-order valence-electron chi connectivity index (χ1n) is 9.08. The number of likely N-dealkylation sites (tertiary alicyclic amines) is 1. The highest BCUT2D eigenvalue weighted by Gasteiger charge is 2.32. The predicted molar refractivity (Wildman–Crippen MR) is 107 cm³/mol. The van der Waals surface area contributed by atoms with Crippen LogP contribution in [-0.2, 0) is 7.05 Å². The maximum Gasteiger partial charge on any atom is 0.272 e. The Hall–Kier alpha value is -2.41. The van der Waals surface area contributed by atoms with Crippen molar-refractivity contribution >= 4 is 21.8 Å². The fraction of sp³-hybridized carbons (Fsp3) is 0.350. The smallest absolute Gasteiger partial charge is 0.272 e. The van der Waals surface area contributed by atoms with E-state index in [0.717, 1.165) is 52.1 Å². The topological polar surface area (TPSA) is 66.8 Å². The van der Waals surface area contributed by atoms with Gasteiger partial charge in [0.05, 0.1) is 17.4 Å². The van der Waals surface area contributed by atoms with Crippen LogP contribution < -0.4 is 0 Å². The van der Waals surface area contributed by atoms with Crippen molar-refractivity contribution < 1.29 is 4.79 Å². The molecule has 1 aliphatic heterocycles. The van der Waals surface area contributed by atoms with Crippen LogP contribution in [0.2, 0.25) is 0 Å². The van der Waals surface area contributed by atoms with Crippen molar-refractivity contribution in [2.24, 2.45) is 7.05 Å². The van der Waals surface area contributed by atoms with E-state index in [0.29, 0.717) is 5.69 Å². The normalized spacial score (nSPS) is 16.9. The highest BCUT2D eigenvalue weighted by Crippen LogP contribution is 2.34. The molecule has 1 atom stereocenters. The molecule has 3 aromatic rings. The zero-order chi connectivity index (χ0) is 19.1. The Labute approximate surface area is 166 Å². The minimum atomic E-state index is -0.00424. The Morgan fingerprint density at radius 2 is 2.11 bits per heavy atom. The molecule has 7 heteroatoms. The monoisotopic (exact) mass is 427 g/mol. The quantitative estimate of drug-likeness (QED) is 0.681. The maximum atomic E-state index is 13.2. The summed E-state index contributed by atoms with van der Waals surface area (Å²) < 4.78 is 2.87. The zero-order valence-electron chi connectivity index (χ0n) is 15.7. The van der Waals surface area contributed by atoms with Gasteiger partial charge in [0.2, 0.25) is 0 Å². The molecular formula is C20H22BrN5O. The number of carbonyl (C=O) groups is 1. The van der Waals surface area contributed by atoms with E-state index in [4.69, 9.17) is 0 Å². The van der Waals surface area contributed by atoms with Gasteiger partial charge in [0.1, 0.15) is 5.69 Å². The third kappa shape index (κ3) is 3.20. The van der Waals surface area contributed by atoms with Crippen molar-refractivity contribution in [3.63, 3.8) is 0 Å². The standard InChI is InChI=1S/C20H22BrN5O/c1-12-19(13(2)25(3)24-12)16-11-17(23-22-16)20(27)26-9-5-8-18(26)14-6-4-7-15(21)10-14/h4,6-7,10-11,18H,5,8-9H2,1-3H3,(H,22,23). The van der Waals surface area contributed by atoms with Gasteiger partial charge >= 0.3 is 0 Å². The van der Waals surface area contributed by atoms with Crippen LogP contribution in [0.15, 0.2) is 34.8 Å². The molecule has 1 aliphatic rings. The van der Waals surface area contributed by atoms with E-state index in [1.807, 2.05) is 48.7 Å². The van der Waals surface area contributed by atoms with Crippen molar-refractivity contribution in [1.82, 2.24) is 24.9 Å². The van der Waals surface area contributed by atoms with E-state index in [-0.39, 0.29) is 11.9 Å². The molecule has 140 valence electrons. The van der Waals surface area contributed by atoms with E-state index in [1.54, 1.807) is 0 Å². The van der Waals surface area contributed by atoms with E-state index in [9.17, 15) is 4.79 Å². The second-order valence-corrected chi connectivity index (χ2v) is 7.96. The fourth-order valence-corrected chi connectivity index (χ4v) is 4.35. The molecule has 1 saturated heterocycles. The molecule has 3 heterocycles. The Morgan fingerprint density at radius 1 is 1.30 bits per heavy atom. The third-order valence-corrected chi connectivity index (χ3v) is 5.81. The number of amides is 1. The first-order chi connectivity index (χ1) is 13.0. The summed E-state index contributed by atoms with van der Waals surface area (Å²) in [6, 6.07) is 10.1. The van der Waals surface area contributed by atoms with Crippen LogP contribution in [0.3, 0.4) is 0 Å². The molecule has 0 radical (unpaired) electrons. The van der Waals surface area contributed by atoms with Crippen LogP contribution in [0.1, 0.15) is 46.3 Å². The van der Waals surface area contributed by atoms with E-state index < -0.39 is 0 Å². The summed E-state index contributed by atoms with van der Waals surface area (Å²) in [6.45, 7) is 4.73. The third-order valence-electron chi connectivity index (χ3n) is 5.32. The zero-order valence-corrected chi connectivity index (χ0v) is 17.2. The molecule has 6 nitrogen and oxygen atoms in total. The van der Waals surface area contributed by atoms with Gasteiger partial charge in [0.15, 0.2) is 0 Å². The van der Waals surface area contributed by atoms with Crippen molar-refractivity contribution in [1.29, 1.82) is 0 Å². The van der Waals surface area contributed by atoms with Crippen LogP contribution in [0.5, 0.6) is 0 Å². The van der Waals surface area contributed by atoms with Crippen molar-refractivity contribution in [2.75, 3.05) is 6.54 Å². The first kappa shape index (κ1) is 18.0. The molecule has 1 fully saturated rings. The van der Waals surface area contributed by atoms with Crippen LogP contribution in [0.4, 0.5) is 0 Å². The molecule has 0 spiro atoms. The van der Waals surface area contributed by atoms with Crippen LogP contribution in [-0.4, -0.2) is 37.3 Å². The summed E-state index contributed by atoms with van der Waals surface area (Å²) in [5.74, 6) is -0.00424.